The predicted octanol–water partition coefficient (Wildman–Crippen LogP) is 2.47. The molecule has 1 aliphatic heterocycles. The fourth-order valence-electron chi connectivity index (χ4n) is 1.81. The standard InChI is InChI=1S/C12H18N2O/c1-12(2,3)8-9-4-5-13-11-10(9)15-7-6-14-11/h4-5H,6-8H2,1-3H3,(H,13,14). The third kappa shape index (κ3) is 2.41. The minimum atomic E-state index is 0.274. The molecular formula is C12H18N2O. The molecule has 82 valence electrons. The summed E-state index contributed by atoms with van der Waals surface area (Å²) in [5, 5.41) is 3.25. The van der Waals surface area contributed by atoms with Crippen molar-refractivity contribution in [2.75, 3.05) is 18.5 Å². The summed E-state index contributed by atoms with van der Waals surface area (Å²) >= 11 is 0. The summed E-state index contributed by atoms with van der Waals surface area (Å²) in [5.74, 6) is 1.83. The smallest absolute Gasteiger partial charge is 0.169 e. The number of hydrogen-bond acceptors (Lipinski definition) is 3. The Balaban J connectivity index is 2.31. The Morgan fingerprint density at radius 1 is 1.47 bits per heavy atom. The lowest BCUT2D eigenvalue weighted by Crippen LogP contribution is -2.21. The maximum Gasteiger partial charge on any atom is 0.169 e. The number of rotatable bonds is 1. The summed E-state index contributed by atoms with van der Waals surface area (Å²) in [6, 6.07) is 2.05. The van der Waals surface area contributed by atoms with E-state index in [1.54, 1.807) is 0 Å². The molecule has 0 saturated carbocycles. The normalized spacial score (nSPS) is 15.1. The maximum atomic E-state index is 5.68. The lowest BCUT2D eigenvalue weighted by molar-refractivity contribution is 0.311. The summed E-state index contributed by atoms with van der Waals surface area (Å²) in [5.41, 5.74) is 1.52. The number of nitrogens with zero attached hydrogens (tertiary/aromatic N) is 1. The number of pyridine rings is 1. The van der Waals surface area contributed by atoms with Crippen LogP contribution in [0, 0.1) is 5.41 Å². The van der Waals surface area contributed by atoms with E-state index < -0.39 is 0 Å². The average Bonchev–Trinajstić information content (AvgIpc) is 2.16. The lowest BCUT2D eigenvalue weighted by atomic mass is 9.88. The van der Waals surface area contributed by atoms with Crippen molar-refractivity contribution in [1.29, 1.82) is 0 Å². The van der Waals surface area contributed by atoms with Gasteiger partial charge < -0.3 is 10.1 Å². The van der Waals surface area contributed by atoms with Crippen LogP contribution in [0.4, 0.5) is 5.82 Å². The first-order chi connectivity index (χ1) is 7.06. The zero-order chi connectivity index (χ0) is 10.9. The van der Waals surface area contributed by atoms with Gasteiger partial charge in [-0.1, -0.05) is 20.8 Å². The predicted molar refractivity (Wildman–Crippen MR) is 61.4 cm³/mol. The summed E-state index contributed by atoms with van der Waals surface area (Å²) in [7, 11) is 0. The van der Waals surface area contributed by atoms with Gasteiger partial charge in [0.15, 0.2) is 11.6 Å². The van der Waals surface area contributed by atoms with Crippen LogP contribution in [0.1, 0.15) is 26.3 Å². The van der Waals surface area contributed by atoms with Crippen LogP contribution in [-0.4, -0.2) is 18.1 Å². The van der Waals surface area contributed by atoms with E-state index in [1.165, 1.54) is 5.56 Å². The highest BCUT2D eigenvalue weighted by atomic mass is 16.5. The van der Waals surface area contributed by atoms with Gasteiger partial charge in [0.25, 0.3) is 0 Å². The molecule has 0 fully saturated rings. The molecule has 0 saturated heterocycles. The molecule has 15 heavy (non-hydrogen) atoms. The quantitative estimate of drug-likeness (QED) is 0.766. The highest BCUT2D eigenvalue weighted by Crippen LogP contribution is 2.33. The van der Waals surface area contributed by atoms with Gasteiger partial charge in [0.1, 0.15) is 6.61 Å². The van der Waals surface area contributed by atoms with Crippen molar-refractivity contribution in [3.05, 3.63) is 17.8 Å². The molecule has 3 heteroatoms. The van der Waals surface area contributed by atoms with E-state index >= 15 is 0 Å². The molecule has 2 heterocycles. The van der Waals surface area contributed by atoms with Gasteiger partial charge in [0.05, 0.1) is 6.54 Å². The van der Waals surface area contributed by atoms with E-state index in [-0.39, 0.29) is 5.41 Å². The number of hydrogen-bond donors (Lipinski definition) is 1. The molecule has 1 N–H and O–H groups in total. The Hall–Kier alpha value is -1.25. The van der Waals surface area contributed by atoms with Gasteiger partial charge in [-0.2, -0.15) is 0 Å². The molecule has 0 unspecified atom stereocenters. The van der Waals surface area contributed by atoms with Crippen molar-refractivity contribution in [2.45, 2.75) is 27.2 Å². The first-order valence-electron chi connectivity index (χ1n) is 5.41. The Bertz CT molecular complexity index is 355. The molecule has 0 amide bonds. The lowest BCUT2D eigenvalue weighted by Gasteiger charge is -2.24. The van der Waals surface area contributed by atoms with Crippen molar-refractivity contribution in [3.8, 4) is 5.75 Å². The second-order valence-corrected chi connectivity index (χ2v) is 5.16. The van der Waals surface area contributed by atoms with E-state index in [2.05, 4.69) is 37.1 Å². The number of nitrogens with one attached hydrogen (secondary N) is 1. The summed E-state index contributed by atoms with van der Waals surface area (Å²) in [6.45, 7) is 8.27. The minimum Gasteiger partial charge on any atom is -0.488 e. The Morgan fingerprint density at radius 3 is 3.00 bits per heavy atom. The van der Waals surface area contributed by atoms with Gasteiger partial charge in [0.2, 0.25) is 0 Å². The monoisotopic (exact) mass is 206 g/mol. The molecule has 1 aliphatic rings. The molecule has 0 radical (unpaired) electrons. The van der Waals surface area contributed by atoms with Crippen LogP contribution in [0.2, 0.25) is 0 Å². The van der Waals surface area contributed by atoms with Crippen molar-refractivity contribution >= 4 is 5.82 Å². The van der Waals surface area contributed by atoms with E-state index in [9.17, 15) is 0 Å². The zero-order valence-corrected chi connectivity index (χ0v) is 9.63. The van der Waals surface area contributed by atoms with Crippen LogP contribution in [0.25, 0.3) is 0 Å². The largest absolute Gasteiger partial charge is 0.488 e. The molecule has 1 aromatic heterocycles. The summed E-state index contributed by atoms with van der Waals surface area (Å²) in [6.07, 6.45) is 2.86. The Labute approximate surface area is 90.9 Å². The van der Waals surface area contributed by atoms with Crippen molar-refractivity contribution in [1.82, 2.24) is 4.98 Å². The molecule has 1 aromatic rings. The van der Waals surface area contributed by atoms with Crippen LogP contribution < -0.4 is 10.1 Å². The molecule has 0 aromatic carbocycles. The third-order valence-corrected chi connectivity index (χ3v) is 2.35. The minimum absolute atomic E-state index is 0.274. The van der Waals surface area contributed by atoms with Gasteiger partial charge in [-0.25, -0.2) is 4.98 Å². The second-order valence-electron chi connectivity index (χ2n) is 5.16. The first kappa shape index (κ1) is 10.3. The highest BCUT2D eigenvalue weighted by molar-refractivity contribution is 5.55. The third-order valence-electron chi connectivity index (χ3n) is 2.35. The number of anilines is 1. The number of fused-ring (bicyclic) bond motifs is 1. The molecular weight excluding hydrogens is 188 g/mol. The van der Waals surface area contributed by atoms with Crippen molar-refractivity contribution < 1.29 is 4.74 Å². The molecule has 0 aliphatic carbocycles. The van der Waals surface area contributed by atoms with Crippen LogP contribution in [0.3, 0.4) is 0 Å². The second kappa shape index (κ2) is 3.72. The van der Waals surface area contributed by atoms with E-state index in [4.69, 9.17) is 4.74 Å². The van der Waals surface area contributed by atoms with Crippen LogP contribution >= 0.6 is 0 Å². The zero-order valence-electron chi connectivity index (χ0n) is 9.63. The van der Waals surface area contributed by atoms with Gasteiger partial charge in [0, 0.05) is 11.8 Å². The maximum absolute atomic E-state index is 5.68. The SMILES string of the molecule is CC(C)(C)Cc1ccnc2c1OCCN2. The molecule has 0 atom stereocenters. The fraction of sp³-hybridized carbons (Fsp3) is 0.583. The van der Waals surface area contributed by atoms with Crippen LogP contribution in [0.5, 0.6) is 5.75 Å². The summed E-state index contributed by atoms with van der Waals surface area (Å²) in [4.78, 5) is 4.27. The van der Waals surface area contributed by atoms with E-state index in [0.717, 1.165) is 31.1 Å². The Morgan fingerprint density at radius 2 is 2.27 bits per heavy atom. The van der Waals surface area contributed by atoms with Gasteiger partial charge in [-0.15, -0.1) is 0 Å². The molecule has 2 rings (SSSR count). The van der Waals surface area contributed by atoms with Crippen LogP contribution in [-0.2, 0) is 6.42 Å². The van der Waals surface area contributed by atoms with Gasteiger partial charge in [-0.3, -0.25) is 0 Å². The van der Waals surface area contributed by atoms with Gasteiger partial charge in [-0.05, 0) is 17.9 Å². The molecule has 3 nitrogen and oxygen atoms in total. The molecule has 0 bridgehead atoms. The Kier molecular flexibility index (Phi) is 2.55. The molecule has 0 spiro atoms. The van der Waals surface area contributed by atoms with Crippen molar-refractivity contribution in [3.63, 3.8) is 0 Å². The first-order valence-corrected chi connectivity index (χ1v) is 5.41. The topological polar surface area (TPSA) is 34.1 Å². The van der Waals surface area contributed by atoms with Crippen molar-refractivity contribution in [2.24, 2.45) is 5.41 Å². The number of ether oxygens (including phenoxy) is 1. The van der Waals surface area contributed by atoms with E-state index in [1.807, 2.05) is 6.20 Å². The van der Waals surface area contributed by atoms with E-state index in [0.29, 0.717) is 0 Å². The average molecular weight is 206 g/mol. The highest BCUT2D eigenvalue weighted by Gasteiger charge is 2.19. The fourth-order valence-corrected chi connectivity index (χ4v) is 1.81. The van der Waals surface area contributed by atoms with Gasteiger partial charge >= 0.3 is 0 Å². The number of aromatic nitrogens is 1. The summed E-state index contributed by atoms with van der Waals surface area (Å²) < 4.78 is 5.68. The van der Waals surface area contributed by atoms with Crippen LogP contribution in [0.15, 0.2) is 12.3 Å².